The van der Waals surface area contributed by atoms with Gasteiger partial charge in [-0.3, -0.25) is 9.59 Å². The molecule has 0 bridgehead atoms. The van der Waals surface area contributed by atoms with Crippen LogP contribution in [0.5, 0.6) is 5.75 Å². The van der Waals surface area contributed by atoms with Gasteiger partial charge in [0.05, 0.1) is 13.2 Å². The van der Waals surface area contributed by atoms with Crippen molar-refractivity contribution in [2.24, 2.45) is 24.3 Å². The number of methoxy groups -OCH3 is 1. The number of benzene rings is 1. The van der Waals surface area contributed by atoms with Crippen molar-refractivity contribution in [1.29, 1.82) is 0 Å². The molecule has 2 aliphatic rings. The first kappa shape index (κ1) is 31.8. The maximum absolute atomic E-state index is 14.3. The lowest BCUT2D eigenvalue weighted by atomic mass is 9.72. The van der Waals surface area contributed by atoms with Crippen LogP contribution in [0.1, 0.15) is 96.4 Å². The van der Waals surface area contributed by atoms with E-state index in [4.69, 9.17) is 4.74 Å². The minimum absolute atomic E-state index is 0.0707. The van der Waals surface area contributed by atoms with Gasteiger partial charge in [0, 0.05) is 48.8 Å². The van der Waals surface area contributed by atoms with Gasteiger partial charge in [0.15, 0.2) is 0 Å². The summed E-state index contributed by atoms with van der Waals surface area (Å²) in [5.41, 5.74) is 1.76. The van der Waals surface area contributed by atoms with E-state index >= 15 is 0 Å². The third-order valence-electron chi connectivity index (χ3n) is 9.27. The lowest BCUT2D eigenvalue weighted by Gasteiger charge is -2.36. The number of pyridine rings is 1. The van der Waals surface area contributed by atoms with E-state index in [2.05, 4.69) is 38.2 Å². The number of hydrogen-bond acceptors (Lipinski definition) is 5. The first-order valence-corrected chi connectivity index (χ1v) is 15.3. The highest BCUT2D eigenvalue weighted by molar-refractivity contribution is 5.87. The summed E-state index contributed by atoms with van der Waals surface area (Å²) in [7, 11) is 3.33. The van der Waals surface area contributed by atoms with Crippen molar-refractivity contribution in [3.63, 3.8) is 0 Å². The van der Waals surface area contributed by atoms with Crippen molar-refractivity contribution >= 4 is 11.9 Å². The first-order chi connectivity index (χ1) is 19.7. The molecule has 2 heterocycles. The molecule has 1 aromatic heterocycles. The van der Waals surface area contributed by atoms with Crippen LogP contribution in [-0.2, 0) is 28.6 Å². The van der Waals surface area contributed by atoms with Gasteiger partial charge in [-0.25, -0.2) is 4.79 Å². The summed E-state index contributed by atoms with van der Waals surface area (Å²) in [5, 5.41) is 14.4. The number of nitrogens with zero attached hydrogens (tertiary/aromatic N) is 2. The Morgan fingerprint density at radius 3 is 2.29 bits per heavy atom. The van der Waals surface area contributed by atoms with Crippen molar-refractivity contribution in [2.45, 2.75) is 104 Å². The van der Waals surface area contributed by atoms with Gasteiger partial charge < -0.3 is 24.6 Å². The number of carbonyl (C=O) groups is 2. The van der Waals surface area contributed by atoms with Crippen LogP contribution in [0, 0.1) is 17.3 Å². The average molecular weight is 580 g/mol. The van der Waals surface area contributed by atoms with Gasteiger partial charge >= 0.3 is 5.97 Å². The van der Waals surface area contributed by atoms with E-state index in [9.17, 15) is 19.5 Å². The Bertz CT molecular complexity index is 1350. The standard InChI is InChI=1S/C34H49N3O5/c1-33(2,3)23-16-17-25(42-8)22(19-23)20-35-27-26(34(4,5)6)29(32(40)41)37(30(38)21-13-10-9-11-14-21)28(27)24-15-12-18-36(7)31(24)39/h12,15-19,21,26-29,35H,9-11,13-14,20H2,1-8H3,(H,40,41). The second-order valence-corrected chi connectivity index (χ2v) is 14.3. The molecule has 8 nitrogen and oxygen atoms in total. The first-order valence-electron chi connectivity index (χ1n) is 15.3. The second kappa shape index (κ2) is 12.2. The van der Waals surface area contributed by atoms with E-state index in [1.807, 2.05) is 26.8 Å². The summed E-state index contributed by atoms with van der Waals surface area (Å²) in [4.78, 5) is 42.7. The molecule has 1 aromatic carbocycles. The third-order valence-corrected chi connectivity index (χ3v) is 9.27. The van der Waals surface area contributed by atoms with Crippen LogP contribution in [0.15, 0.2) is 41.3 Å². The monoisotopic (exact) mass is 579 g/mol. The summed E-state index contributed by atoms with van der Waals surface area (Å²) in [6, 6.07) is 7.42. The fraction of sp³-hybridized carbons (Fsp3) is 0.618. The fourth-order valence-electron chi connectivity index (χ4n) is 7.07. The smallest absolute Gasteiger partial charge is 0.326 e. The van der Waals surface area contributed by atoms with E-state index in [0.29, 0.717) is 12.1 Å². The zero-order valence-electron chi connectivity index (χ0n) is 26.6. The van der Waals surface area contributed by atoms with Crippen LogP contribution in [-0.4, -0.2) is 45.6 Å². The van der Waals surface area contributed by atoms with Crippen LogP contribution >= 0.6 is 0 Å². The predicted molar refractivity (Wildman–Crippen MR) is 165 cm³/mol. The number of carbonyl (C=O) groups excluding carboxylic acids is 1. The van der Waals surface area contributed by atoms with E-state index < -0.39 is 35.4 Å². The molecule has 0 radical (unpaired) electrons. The highest BCUT2D eigenvalue weighted by atomic mass is 16.5. The molecule has 4 rings (SSSR count). The lowest BCUT2D eigenvalue weighted by molar-refractivity contribution is -0.154. The zero-order valence-corrected chi connectivity index (χ0v) is 26.6. The molecule has 4 atom stereocenters. The summed E-state index contributed by atoms with van der Waals surface area (Å²) in [6.45, 7) is 12.9. The van der Waals surface area contributed by atoms with E-state index in [-0.39, 0.29) is 22.8 Å². The summed E-state index contributed by atoms with van der Waals surface area (Å²) < 4.78 is 7.22. The number of aryl methyl sites for hydroxylation is 1. The molecule has 2 fully saturated rings. The number of carboxylic acid groups (broad SMARTS) is 1. The number of hydrogen-bond donors (Lipinski definition) is 2. The summed E-state index contributed by atoms with van der Waals surface area (Å²) in [5.74, 6) is -1.15. The molecular formula is C34H49N3O5. The van der Waals surface area contributed by atoms with E-state index in [1.54, 1.807) is 37.4 Å². The quantitative estimate of drug-likeness (QED) is 0.454. The molecule has 1 saturated carbocycles. The third kappa shape index (κ3) is 6.29. The number of nitrogens with one attached hydrogen (secondary N) is 1. The predicted octanol–water partition coefficient (Wildman–Crippen LogP) is 5.43. The van der Waals surface area contributed by atoms with Crippen LogP contribution < -0.4 is 15.6 Å². The van der Waals surface area contributed by atoms with Crippen LogP contribution in [0.25, 0.3) is 0 Å². The maximum Gasteiger partial charge on any atom is 0.326 e. The lowest BCUT2D eigenvalue weighted by Crippen LogP contribution is -2.49. The van der Waals surface area contributed by atoms with Crippen molar-refractivity contribution in [3.8, 4) is 5.75 Å². The molecule has 1 aliphatic carbocycles. The van der Waals surface area contributed by atoms with Crippen LogP contribution in [0.4, 0.5) is 0 Å². The molecule has 2 aromatic rings. The van der Waals surface area contributed by atoms with Gasteiger partial charge in [-0.1, -0.05) is 72.9 Å². The van der Waals surface area contributed by atoms with Crippen LogP contribution in [0.3, 0.4) is 0 Å². The topological polar surface area (TPSA) is 101 Å². The maximum atomic E-state index is 14.3. The van der Waals surface area contributed by atoms with Gasteiger partial charge in [-0.05, 0) is 47.4 Å². The van der Waals surface area contributed by atoms with Crippen molar-refractivity contribution in [2.75, 3.05) is 7.11 Å². The average Bonchev–Trinajstić information content (AvgIpc) is 3.28. The number of likely N-dealkylation sites (tertiary alicyclic amines) is 1. The van der Waals surface area contributed by atoms with Crippen LogP contribution in [0.2, 0.25) is 0 Å². The Hall–Kier alpha value is -3.13. The minimum Gasteiger partial charge on any atom is -0.496 e. The van der Waals surface area contributed by atoms with Crippen molar-refractivity contribution in [3.05, 3.63) is 63.6 Å². The molecular weight excluding hydrogens is 530 g/mol. The Morgan fingerprint density at radius 1 is 1.05 bits per heavy atom. The molecule has 42 heavy (non-hydrogen) atoms. The zero-order chi connectivity index (χ0) is 31.0. The summed E-state index contributed by atoms with van der Waals surface area (Å²) in [6.07, 6.45) is 6.17. The minimum atomic E-state index is -1.07. The Balaban J connectivity index is 1.87. The highest BCUT2D eigenvalue weighted by Crippen LogP contribution is 2.49. The van der Waals surface area contributed by atoms with Gasteiger partial charge in [0.1, 0.15) is 11.8 Å². The Labute approximate surface area is 250 Å². The number of aliphatic carboxylic acids is 1. The van der Waals surface area contributed by atoms with E-state index in [1.165, 1.54) is 4.57 Å². The van der Waals surface area contributed by atoms with Crippen molar-refractivity contribution in [1.82, 2.24) is 14.8 Å². The molecule has 1 aliphatic heterocycles. The fourth-order valence-corrected chi connectivity index (χ4v) is 7.07. The molecule has 2 N–H and O–H groups in total. The molecule has 4 unspecified atom stereocenters. The number of aromatic nitrogens is 1. The van der Waals surface area contributed by atoms with Gasteiger partial charge in [0.2, 0.25) is 5.91 Å². The highest BCUT2D eigenvalue weighted by Gasteiger charge is 2.59. The molecule has 1 amide bonds. The second-order valence-electron chi connectivity index (χ2n) is 14.3. The normalized spacial score (nSPS) is 23.7. The number of rotatable bonds is 7. The van der Waals surface area contributed by atoms with E-state index in [0.717, 1.165) is 49.0 Å². The summed E-state index contributed by atoms with van der Waals surface area (Å²) >= 11 is 0. The Kier molecular flexibility index (Phi) is 9.26. The molecule has 0 spiro atoms. The molecule has 230 valence electrons. The van der Waals surface area contributed by atoms with Gasteiger partial charge in [0.25, 0.3) is 5.56 Å². The van der Waals surface area contributed by atoms with Gasteiger partial charge in [-0.15, -0.1) is 0 Å². The van der Waals surface area contributed by atoms with Crippen molar-refractivity contribution < 1.29 is 19.4 Å². The molecule has 8 heteroatoms. The Morgan fingerprint density at radius 2 is 1.71 bits per heavy atom. The van der Waals surface area contributed by atoms with Gasteiger partial charge in [-0.2, -0.15) is 0 Å². The number of amides is 1. The SMILES string of the molecule is COc1ccc(C(C)(C)C)cc1CNC1C(c2cccn(C)c2=O)N(C(=O)C2CCCCC2)C(C(=O)O)C1C(C)(C)C. The number of ether oxygens (including phenoxy) is 1. The number of carboxylic acids is 1. The molecule has 1 saturated heterocycles. The largest absolute Gasteiger partial charge is 0.496 e.